The quantitative estimate of drug-likeness (QED) is 0.513. The minimum Gasteiger partial charge on any atom is -0.304 e. The van der Waals surface area contributed by atoms with Gasteiger partial charge in [0, 0.05) is 32.6 Å². The molecule has 3 heteroatoms. The van der Waals surface area contributed by atoms with E-state index < -0.39 is 0 Å². The molecule has 0 atom stereocenters. The zero-order valence-electron chi connectivity index (χ0n) is 13.4. The van der Waals surface area contributed by atoms with Gasteiger partial charge in [-0.25, -0.2) is 0 Å². The number of nitrogens with zero attached hydrogens (tertiary/aromatic N) is 2. The average Bonchev–Trinajstić information content (AvgIpc) is 2.47. The predicted molar refractivity (Wildman–Crippen MR) is 85.8 cm³/mol. The molecule has 1 aliphatic heterocycles. The first kappa shape index (κ1) is 17.6. The lowest BCUT2D eigenvalue weighted by molar-refractivity contribution is 0.152. The van der Waals surface area contributed by atoms with Crippen LogP contribution < -0.4 is 0 Å². The summed E-state index contributed by atoms with van der Waals surface area (Å²) in [5, 5.41) is 0. The van der Waals surface area contributed by atoms with Gasteiger partial charge in [-0.15, -0.1) is 0 Å². The van der Waals surface area contributed by atoms with Gasteiger partial charge in [-0.3, -0.25) is 4.79 Å². The summed E-state index contributed by atoms with van der Waals surface area (Å²) in [7, 11) is 2.22. The second-order valence-electron chi connectivity index (χ2n) is 6.22. The number of hydrogen-bond donors (Lipinski definition) is 0. The highest BCUT2D eigenvalue weighted by Gasteiger charge is 2.12. The molecule has 0 amide bonds. The van der Waals surface area contributed by atoms with Crippen LogP contribution in [0.3, 0.4) is 0 Å². The molecule has 1 fully saturated rings. The van der Waals surface area contributed by atoms with Crippen LogP contribution in [0.15, 0.2) is 0 Å². The molecule has 20 heavy (non-hydrogen) atoms. The maximum Gasteiger partial charge on any atom is 0.198 e. The van der Waals surface area contributed by atoms with Crippen molar-refractivity contribution in [3.8, 4) is 0 Å². The number of rotatable bonds is 12. The van der Waals surface area contributed by atoms with Gasteiger partial charge in [0.15, 0.2) is 6.29 Å². The standard InChI is InChI=1S/C17H33N2O/c1-18-13-15-19(16-14-18)12-10-8-6-4-2-3-5-7-9-11-17-20/h2-16H2,1H3. The lowest BCUT2D eigenvalue weighted by Crippen LogP contribution is -2.44. The minimum absolute atomic E-state index is 0.631. The lowest BCUT2D eigenvalue weighted by Gasteiger charge is -2.32. The molecule has 1 heterocycles. The van der Waals surface area contributed by atoms with Crippen molar-refractivity contribution in [1.29, 1.82) is 0 Å². The summed E-state index contributed by atoms with van der Waals surface area (Å²) < 4.78 is 0. The molecule has 0 aliphatic carbocycles. The van der Waals surface area contributed by atoms with Gasteiger partial charge in [0.25, 0.3) is 0 Å². The van der Waals surface area contributed by atoms with Crippen LogP contribution in [-0.2, 0) is 4.79 Å². The van der Waals surface area contributed by atoms with E-state index in [2.05, 4.69) is 16.8 Å². The van der Waals surface area contributed by atoms with Crippen LogP contribution in [0, 0.1) is 0 Å². The predicted octanol–water partition coefficient (Wildman–Crippen LogP) is 3.24. The molecule has 3 nitrogen and oxygen atoms in total. The van der Waals surface area contributed by atoms with Gasteiger partial charge in [0.05, 0.1) is 0 Å². The van der Waals surface area contributed by atoms with Crippen LogP contribution in [-0.4, -0.2) is 55.9 Å². The molecule has 0 spiro atoms. The van der Waals surface area contributed by atoms with E-state index in [1.165, 1.54) is 84.1 Å². The van der Waals surface area contributed by atoms with Crippen LogP contribution in [0.1, 0.15) is 64.2 Å². The number of piperazine rings is 1. The highest BCUT2D eigenvalue weighted by atomic mass is 16.1. The molecular formula is C17H33N2O. The largest absolute Gasteiger partial charge is 0.304 e. The Hall–Kier alpha value is -0.410. The summed E-state index contributed by atoms with van der Waals surface area (Å²) in [6.45, 7) is 6.29. The van der Waals surface area contributed by atoms with Crippen molar-refractivity contribution < 1.29 is 4.79 Å². The third-order valence-corrected chi connectivity index (χ3v) is 4.35. The first-order valence-electron chi connectivity index (χ1n) is 8.59. The summed E-state index contributed by atoms with van der Waals surface area (Å²) in [4.78, 5) is 15.1. The van der Waals surface area contributed by atoms with Crippen LogP contribution in [0.25, 0.3) is 0 Å². The number of hydrogen-bond acceptors (Lipinski definition) is 3. The monoisotopic (exact) mass is 281 g/mol. The zero-order valence-corrected chi connectivity index (χ0v) is 13.4. The molecule has 0 unspecified atom stereocenters. The van der Waals surface area contributed by atoms with Gasteiger partial charge in [-0.2, -0.15) is 0 Å². The fourth-order valence-electron chi connectivity index (χ4n) is 2.84. The average molecular weight is 281 g/mol. The Labute approximate surface area is 125 Å². The molecule has 0 aromatic heterocycles. The minimum atomic E-state index is 0.631. The van der Waals surface area contributed by atoms with E-state index in [0.29, 0.717) is 6.42 Å². The van der Waals surface area contributed by atoms with E-state index >= 15 is 0 Å². The second-order valence-corrected chi connectivity index (χ2v) is 6.22. The maximum atomic E-state index is 10.0. The third-order valence-electron chi connectivity index (χ3n) is 4.35. The maximum absolute atomic E-state index is 10.0. The number of likely N-dealkylation sites (N-methyl/N-ethyl adjacent to an activating group) is 1. The van der Waals surface area contributed by atoms with Gasteiger partial charge >= 0.3 is 0 Å². The van der Waals surface area contributed by atoms with Crippen LogP contribution in [0.5, 0.6) is 0 Å². The first-order valence-corrected chi connectivity index (χ1v) is 8.59. The summed E-state index contributed by atoms with van der Waals surface area (Å²) in [6, 6.07) is 0. The molecule has 0 aromatic rings. The molecule has 1 radical (unpaired) electrons. The van der Waals surface area contributed by atoms with Gasteiger partial charge in [0.2, 0.25) is 0 Å². The third kappa shape index (κ3) is 9.49. The van der Waals surface area contributed by atoms with Crippen LogP contribution in [0.2, 0.25) is 0 Å². The SMILES string of the molecule is CN1CCN(CCCCCCCCCCC[C]=O)CC1. The highest BCUT2D eigenvalue weighted by Crippen LogP contribution is 2.11. The van der Waals surface area contributed by atoms with E-state index in [4.69, 9.17) is 0 Å². The van der Waals surface area contributed by atoms with Crippen molar-refractivity contribution in [3.05, 3.63) is 0 Å². The number of unbranched alkanes of at least 4 members (excludes halogenated alkanes) is 9. The molecule has 0 N–H and O–H groups in total. The van der Waals surface area contributed by atoms with Crippen molar-refractivity contribution in [3.63, 3.8) is 0 Å². The Bertz CT molecular complexity index is 225. The molecule has 117 valence electrons. The van der Waals surface area contributed by atoms with Gasteiger partial charge in [-0.05, 0) is 26.4 Å². The summed E-state index contributed by atoms with van der Waals surface area (Å²) in [5.74, 6) is 0. The lowest BCUT2D eigenvalue weighted by atomic mass is 10.1. The smallest absolute Gasteiger partial charge is 0.198 e. The molecule has 0 bridgehead atoms. The Kier molecular flexibility index (Phi) is 10.9. The highest BCUT2D eigenvalue weighted by molar-refractivity contribution is 5.50. The van der Waals surface area contributed by atoms with Gasteiger partial charge < -0.3 is 9.80 Å². The van der Waals surface area contributed by atoms with Crippen molar-refractivity contribution in [2.45, 2.75) is 64.2 Å². The molecule has 1 aliphatic rings. The summed E-state index contributed by atoms with van der Waals surface area (Å²) in [5.41, 5.74) is 0. The molecule has 1 rings (SSSR count). The molecule has 0 aromatic carbocycles. The fraction of sp³-hybridized carbons (Fsp3) is 0.941. The molecule has 0 saturated carbocycles. The Morgan fingerprint density at radius 1 is 0.750 bits per heavy atom. The topological polar surface area (TPSA) is 23.6 Å². The second kappa shape index (κ2) is 12.3. The normalized spacial score (nSPS) is 17.4. The van der Waals surface area contributed by atoms with Gasteiger partial charge in [0.1, 0.15) is 0 Å². The number of carbonyl (C=O) groups excluding carboxylic acids is 1. The van der Waals surface area contributed by atoms with E-state index in [0.717, 1.165) is 6.42 Å². The Morgan fingerprint density at radius 3 is 1.80 bits per heavy atom. The van der Waals surface area contributed by atoms with E-state index in [-0.39, 0.29) is 0 Å². The van der Waals surface area contributed by atoms with Crippen molar-refractivity contribution >= 4 is 6.29 Å². The van der Waals surface area contributed by atoms with Crippen molar-refractivity contribution in [1.82, 2.24) is 9.80 Å². The van der Waals surface area contributed by atoms with E-state index in [1.807, 2.05) is 6.29 Å². The first-order chi connectivity index (χ1) is 9.83. The summed E-state index contributed by atoms with van der Waals surface area (Å²) in [6.07, 6.45) is 14.4. The Morgan fingerprint density at radius 2 is 1.25 bits per heavy atom. The van der Waals surface area contributed by atoms with Crippen molar-refractivity contribution in [2.75, 3.05) is 39.8 Å². The van der Waals surface area contributed by atoms with Crippen molar-refractivity contribution in [2.24, 2.45) is 0 Å². The van der Waals surface area contributed by atoms with Gasteiger partial charge in [-0.1, -0.05) is 44.9 Å². The molecule has 1 saturated heterocycles. The molecular weight excluding hydrogens is 248 g/mol. The zero-order chi connectivity index (χ0) is 14.5. The Balaban J connectivity index is 1.75. The van der Waals surface area contributed by atoms with E-state index in [9.17, 15) is 4.79 Å². The van der Waals surface area contributed by atoms with Crippen LogP contribution in [0.4, 0.5) is 0 Å². The summed E-state index contributed by atoms with van der Waals surface area (Å²) >= 11 is 0. The fourth-order valence-corrected chi connectivity index (χ4v) is 2.84. The van der Waals surface area contributed by atoms with Crippen LogP contribution >= 0.6 is 0 Å². The van der Waals surface area contributed by atoms with E-state index in [1.54, 1.807) is 0 Å².